The SMILES string of the molecule is Cc1cc(=N)n(C=N)c(C)c1C(=O)Nc1ccc(N)c(C(=N)c2ccccc2)c1. The minimum Gasteiger partial charge on any atom is -0.398 e. The average molecular weight is 386 g/mol. The van der Waals surface area contributed by atoms with Gasteiger partial charge in [-0.05, 0) is 43.7 Å². The molecule has 0 saturated carbocycles. The van der Waals surface area contributed by atoms with Gasteiger partial charge in [0.05, 0.1) is 17.6 Å². The summed E-state index contributed by atoms with van der Waals surface area (Å²) in [7, 11) is 0. The van der Waals surface area contributed by atoms with Crippen molar-refractivity contribution in [3.05, 3.63) is 88.0 Å². The molecule has 0 unspecified atom stereocenters. The largest absolute Gasteiger partial charge is 0.398 e. The molecule has 0 saturated heterocycles. The number of hydrogen-bond acceptors (Lipinski definition) is 5. The summed E-state index contributed by atoms with van der Waals surface area (Å²) in [6.45, 7) is 3.46. The van der Waals surface area contributed by atoms with Gasteiger partial charge in [0.2, 0.25) is 0 Å². The number of nitrogen functional groups attached to an aromatic ring is 1. The van der Waals surface area contributed by atoms with Gasteiger partial charge in [-0.25, -0.2) is 0 Å². The Balaban J connectivity index is 1.96. The first kappa shape index (κ1) is 19.8. The monoisotopic (exact) mass is 386 g/mol. The second-order valence-electron chi connectivity index (χ2n) is 6.67. The summed E-state index contributed by atoms with van der Waals surface area (Å²) >= 11 is 0. The summed E-state index contributed by atoms with van der Waals surface area (Å²) < 4.78 is 1.33. The van der Waals surface area contributed by atoms with Crippen LogP contribution >= 0.6 is 0 Å². The van der Waals surface area contributed by atoms with Crippen LogP contribution in [0.15, 0.2) is 54.6 Å². The summed E-state index contributed by atoms with van der Waals surface area (Å²) in [6, 6.07) is 15.8. The van der Waals surface area contributed by atoms with Crippen LogP contribution in [0.1, 0.15) is 32.7 Å². The van der Waals surface area contributed by atoms with Crippen LogP contribution in [0.2, 0.25) is 0 Å². The number of benzene rings is 2. The molecule has 0 radical (unpaired) electrons. The molecule has 0 fully saturated rings. The number of nitrogens with one attached hydrogen (secondary N) is 4. The van der Waals surface area contributed by atoms with Gasteiger partial charge in [0.25, 0.3) is 5.91 Å². The van der Waals surface area contributed by atoms with Crippen molar-refractivity contribution in [3.8, 4) is 0 Å². The van der Waals surface area contributed by atoms with Crippen LogP contribution in [0.25, 0.3) is 0 Å². The lowest BCUT2D eigenvalue weighted by atomic mass is 10.00. The van der Waals surface area contributed by atoms with Crippen molar-refractivity contribution < 1.29 is 4.79 Å². The standard InChI is InChI=1S/C22H22N6O/c1-13-10-19(25)28(12-23)14(2)20(13)22(29)27-16-8-9-18(24)17(11-16)21(26)15-6-4-3-5-7-15/h3-12,23,25-26H,24H2,1-2H3,(H,27,29). The Morgan fingerprint density at radius 3 is 2.45 bits per heavy atom. The van der Waals surface area contributed by atoms with Gasteiger partial charge in [0.1, 0.15) is 5.49 Å². The smallest absolute Gasteiger partial charge is 0.257 e. The van der Waals surface area contributed by atoms with Gasteiger partial charge in [-0.3, -0.25) is 25.6 Å². The summed E-state index contributed by atoms with van der Waals surface area (Å²) in [5, 5.41) is 26.7. The van der Waals surface area contributed by atoms with Crippen molar-refractivity contribution in [2.24, 2.45) is 0 Å². The van der Waals surface area contributed by atoms with Crippen LogP contribution in [0, 0.1) is 30.1 Å². The number of carbonyl (C=O) groups excluding carboxylic acids is 1. The lowest BCUT2D eigenvalue weighted by Crippen LogP contribution is -2.27. The molecule has 3 aromatic rings. The fraction of sp³-hybridized carbons (Fsp3) is 0.0909. The lowest BCUT2D eigenvalue weighted by molar-refractivity contribution is 0.102. The Labute approximate surface area is 168 Å². The zero-order valence-corrected chi connectivity index (χ0v) is 16.2. The summed E-state index contributed by atoms with van der Waals surface area (Å²) in [5.74, 6) is -0.349. The quantitative estimate of drug-likeness (QED) is 0.262. The van der Waals surface area contributed by atoms with E-state index in [-0.39, 0.29) is 17.1 Å². The predicted octanol–water partition coefficient (Wildman–Crippen LogP) is 3.29. The van der Waals surface area contributed by atoms with Gasteiger partial charge in [-0.15, -0.1) is 0 Å². The Kier molecular flexibility index (Phi) is 5.40. The van der Waals surface area contributed by atoms with Gasteiger partial charge >= 0.3 is 0 Å². The molecule has 3 rings (SSSR count). The highest BCUT2D eigenvalue weighted by molar-refractivity contribution is 6.15. The molecule has 29 heavy (non-hydrogen) atoms. The topological polar surface area (TPSA) is 132 Å². The molecule has 6 N–H and O–H groups in total. The van der Waals surface area contributed by atoms with E-state index in [0.29, 0.717) is 33.8 Å². The second-order valence-corrected chi connectivity index (χ2v) is 6.67. The number of aromatic nitrogens is 1. The van der Waals surface area contributed by atoms with E-state index in [4.69, 9.17) is 22.0 Å². The maximum Gasteiger partial charge on any atom is 0.257 e. The van der Waals surface area contributed by atoms with Crippen molar-refractivity contribution in [1.29, 1.82) is 16.2 Å². The van der Waals surface area contributed by atoms with Gasteiger partial charge in [0.15, 0.2) is 0 Å². The van der Waals surface area contributed by atoms with Crippen LogP contribution in [-0.4, -0.2) is 22.5 Å². The van der Waals surface area contributed by atoms with Crippen molar-refractivity contribution >= 4 is 29.3 Å². The molecular formula is C22H22N6O. The molecular weight excluding hydrogens is 364 g/mol. The van der Waals surface area contributed by atoms with Crippen molar-refractivity contribution in [3.63, 3.8) is 0 Å². The zero-order chi connectivity index (χ0) is 21.1. The number of carbonyl (C=O) groups is 1. The number of aryl methyl sites for hydroxylation is 1. The molecule has 1 heterocycles. The van der Waals surface area contributed by atoms with Crippen molar-refractivity contribution in [2.75, 3.05) is 11.1 Å². The third kappa shape index (κ3) is 3.84. The third-order valence-electron chi connectivity index (χ3n) is 4.73. The first-order chi connectivity index (χ1) is 13.8. The number of nitrogens with zero attached hydrogens (tertiary/aromatic N) is 1. The van der Waals surface area contributed by atoms with Crippen LogP contribution in [-0.2, 0) is 0 Å². The lowest BCUT2D eigenvalue weighted by Gasteiger charge is -2.15. The van der Waals surface area contributed by atoms with Crippen LogP contribution in [0.4, 0.5) is 11.4 Å². The average Bonchev–Trinajstić information content (AvgIpc) is 2.69. The molecule has 0 spiro atoms. The molecule has 0 atom stereocenters. The molecule has 0 aliphatic carbocycles. The molecule has 1 aromatic heterocycles. The molecule has 0 aliphatic heterocycles. The molecule has 0 bridgehead atoms. The Bertz CT molecular complexity index is 1180. The molecule has 7 heteroatoms. The fourth-order valence-electron chi connectivity index (χ4n) is 3.25. The van der Waals surface area contributed by atoms with Crippen LogP contribution in [0.5, 0.6) is 0 Å². The van der Waals surface area contributed by atoms with Gasteiger partial charge in [0, 0.05) is 28.2 Å². The second kappa shape index (κ2) is 7.93. The normalized spacial score (nSPS) is 10.4. The summed E-state index contributed by atoms with van der Waals surface area (Å²) in [4.78, 5) is 12.9. The van der Waals surface area contributed by atoms with Crippen LogP contribution in [0.3, 0.4) is 0 Å². The number of hydrogen-bond donors (Lipinski definition) is 5. The molecule has 0 aliphatic rings. The Morgan fingerprint density at radius 1 is 1.10 bits per heavy atom. The van der Waals surface area contributed by atoms with E-state index in [9.17, 15) is 4.79 Å². The molecule has 2 aromatic carbocycles. The van der Waals surface area contributed by atoms with E-state index in [1.54, 1.807) is 38.1 Å². The van der Waals surface area contributed by atoms with Crippen molar-refractivity contribution in [2.45, 2.75) is 13.8 Å². The number of amides is 1. The number of anilines is 2. The van der Waals surface area contributed by atoms with E-state index in [2.05, 4.69) is 5.32 Å². The Hall–Kier alpha value is -4.00. The summed E-state index contributed by atoms with van der Waals surface area (Å²) in [6.07, 6.45) is 1.01. The number of rotatable bonds is 5. The van der Waals surface area contributed by atoms with E-state index in [0.717, 1.165) is 11.9 Å². The maximum absolute atomic E-state index is 12.9. The molecule has 146 valence electrons. The van der Waals surface area contributed by atoms with Gasteiger partial charge < -0.3 is 11.1 Å². The molecule has 7 nitrogen and oxygen atoms in total. The molecule has 1 amide bonds. The van der Waals surface area contributed by atoms with E-state index >= 15 is 0 Å². The minimum atomic E-state index is -0.349. The zero-order valence-electron chi connectivity index (χ0n) is 16.2. The number of nitrogens with two attached hydrogens (primary N) is 1. The van der Waals surface area contributed by atoms with Crippen LogP contribution < -0.4 is 16.5 Å². The fourth-order valence-corrected chi connectivity index (χ4v) is 3.25. The summed E-state index contributed by atoms with van der Waals surface area (Å²) in [5.41, 5.74) is 10.3. The van der Waals surface area contributed by atoms with Crippen molar-refractivity contribution in [1.82, 2.24) is 4.57 Å². The van der Waals surface area contributed by atoms with E-state index < -0.39 is 0 Å². The maximum atomic E-state index is 12.9. The highest BCUT2D eigenvalue weighted by atomic mass is 16.1. The first-order valence-corrected chi connectivity index (χ1v) is 8.96. The third-order valence-corrected chi connectivity index (χ3v) is 4.73. The highest BCUT2D eigenvalue weighted by Crippen LogP contribution is 2.22. The van der Waals surface area contributed by atoms with Gasteiger partial charge in [-0.2, -0.15) is 0 Å². The van der Waals surface area contributed by atoms with E-state index in [1.165, 1.54) is 4.57 Å². The predicted molar refractivity (Wildman–Crippen MR) is 115 cm³/mol. The Morgan fingerprint density at radius 2 is 1.79 bits per heavy atom. The van der Waals surface area contributed by atoms with Gasteiger partial charge in [-0.1, -0.05) is 30.3 Å². The number of pyridine rings is 1. The van der Waals surface area contributed by atoms with E-state index in [1.807, 2.05) is 30.3 Å². The highest BCUT2D eigenvalue weighted by Gasteiger charge is 2.17. The first-order valence-electron chi connectivity index (χ1n) is 8.96. The minimum absolute atomic E-state index is 0.137.